The molecule has 0 aliphatic heterocycles. The largest absolute Gasteiger partial charge is 0.490 e. The predicted molar refractivity (Wildman–Crippen MR) is 108 cm³/mol. The Morgan fingerprint density at radius 1 is 1.32 bits per heavy atom. The van der Waals surface area contributed by atoms with E-state index in [1.807, 2.05) is 25.1 Å². The van der Waals surface area contributed by atoms with E-state index in [0.29, 0.717) is 33.8 Å². The second-order valence-electron chi connectivity index (χ2n) is 5.65. The molecule has 1 amide bonds. The highest BCUT2D eigenvalue weighted by molar-refractivity contribution is 9.10. The van der Waals surface area contributed by atoms with Crippen LogP contribution < -0.4 is 14.8 Å². The lowest BCUT2D eigenvalue weighted by Crippen LogP contribution is -2.21. The summed E-state index contributed by atoms with van der Waals surface area (Å²) < 4.78 is 13.6. The van der Waals surface area contributed by atoms with E-state index in [-0.39, 0.29) is 12.5 Å². The molecule has 2 aromatic carbocycles. The topological polar surface area (TPSA) is 89.2 Å². The van der Waals surface area contributed by atoms with Gasteiger partial charge in [0, 0.05) is 18.5 Å². The number of imidazole rings is 1. The molecule has 1 heterocycles. The molecule has 28 heavy (non-hydrogen) atoms. The first-order valence-electron chi connectivity index (χ1n) is 8.48. The molecule has 1 N–H and O–H groups in total. The molecule has 3 rings (SSSR count). The van der Waals surface area contributed by atoms with Crippen molar-refractivity contribution in [3.8, 4) is 23.3 Å². The first-order chi connectivity index (χ1) is 13.6. The number of amides is 1. The quantitative estimate of drug-likeness (QED) is 0.601. The number of nitriles is 1. The number of halogens is 1. The van der Waals surface area contributed by atoms with Crippen LogP contribution in [0, 0.1) is 11.3 Å². The molecule has 8 heteroatoms. The maximum absolute atomic E-state index is 12.4. The van der Waals surface area contributed by atoms with Gasteiger partial charge in [0.05, 0.1) is 40.4 Å². The normalized spacial score (nSPS) is 10.2. The molecule has 0 radical (unpaired) electrons. The molecule has 3 aromatic rings. The maximum Gasteiger partial charge on any atom is 0.262 e. The molecule has 0 atom stereocenters. The first kappa shape index (κ1) is 19.5. The van der Waals surface area contributed by atoms with Crippen LogP contribution in [-0.2, 0) is 4.79 Å². The SMILES string of the molecule is CCOc1cc(C#N)cc(Br)c1OCC(=O)Nc1ccccc1-n1ccnc1. The van der Waals surface area contributed by atoms with E-state index in [0.717, 1.165) is 5.69 Å². The van der Waals surface area contributed by atoms with Gasteiger partial charge in [-0.3, -0.25) is 4.79 Å². The van der Waals surface area contributed by atoms with Crippen molar-refractivity contribution >= 4 is 27.5 Å². The minimum atomic E-state index is -0.328. The van der Waals surface area contributed by atoms with E-state index < -0.39 is 0 Å². The maximum atomic E-state index is 12.4. The predicted octanol–water partition coefficient (Wildman–Crippen LogP) is 3.92. The zero-order chi connectivity index (χ0) is 19.9. The molecule has 0 aliphatic rings. The number of carbonyl (C=O) groups excluding carboxylic acids is 1. The lowest BCUT2D eigenvalue weighted by Gasteiger charge is -2.15. The standard InChI is InChI=1S/C20H17BrN4O3/c1-2-27-18-10-14(11-22)9-15(21)20(18)28-12-19(26)24-16-5-3-4-6-17(16)25-8-7-23-13-25/h3-10,13H,2,12H2,1H3,(H,24,26). The van der Waals surface area contributed by atoms with Gasteiger partial charge in [-0.05, 0) is 41.1 Å². The highest BCUT2D eigenvalue weighted by Crippen LogP contribution is 2.36. The summed E-state index contributed by atoms with van der Waals surface area (Å²) in [4.78, 5) is 16.5. The van der Waals surface area contributed by atoms with Crippen LogP contribution in [0.2, 0.25) is 0 Å². The zero-order valence-corrected chi connectivity index (χ0v) is 16.6. The molecule has 7 nitrogen and oxygen atoms in total. The van der Waals surface area contributed by atoms with Crippen LogP contribution >= 0.6 is 15.9 Å². The van der Waals surface area contributed by atoms with Gasteiger partial charge in [-0.15, -0.1) is 0 Å². The first-order valence-corrected chi connectivity index (χ1v) is 9.28. The van der Waals surface area contributed by atoms with Gasteiger partial charge in [0.15, 0.2) is 18.1 Å². The summed E-state index contributed by atoms with van der Waals surface area (Å²) in [6.45, 7) is 2.02. The Morgan fingerprint density at radius 2 is 2.14 bits per heavy atom. The number of hydrogen-bond acceptors (Lipinski definition) is 5. The van der Waals surface area contributed by atoms with Crippen LogP contribution in [0.5, 0.6) is 11.5 Å². The number of rotatable bonds is 7. The van der Waals surface area contributed by atoms with E-state index >= 15 is 0 Å². The van der Waals surface area contributed by atoms with Gasteiger partial charge < -0.3 is 19.4 Å². The van der Waals surface area contributed by atoms with Gasteiger partial charge in [-0.1, -0.05) is 12.1 Å². The van der Waals surface area contributed by atoms with Gasteiger partial charge in [0.2, 0.25) is 0 Å². The summed E-state index contributed by atoms with van der Waals surface area (Å²) in [5.41, 5.74) is 1.86. The van der Waals surface area contributed by atoms with Crippen LogP contribution in [0.3, 0.4) is 0 Å². The van der Waals surface area contributed by atoms with E-state index in [2.05, 4.69) is 32.3 Å². The molecular formula is C20H17BrN4O3. The van der Waals surface area contributed by atoms with Crippen molar-refractivity contribution in [2.75, 3.05) is 18.5 Å². The Hall–Kier alpha value is -3.31. The number of para-hydroxylation sites is 2. The molecule has 0 saturated carbocycles. The number of aromatic nitrogens is 2. The van der Waals surface area contributed by atoms with Crippen molar-refractivity contribution in [1.29, 1.82) is 5.26 Å². The van der Waals surface area contributed by atoms with Crippen LogP contribution in [0.4, 0.5) is 5.69 Å². The van der Waals surface area contributed by atoms with E-state index in [9.17, 15) is 4.79 Å². The number of nitrogens with one attached hydrogen (secondary N) is 1. The van der Waals surface area contributed by atoms with Crippen LogP contribution in [-0.4, -0.2) is 28.7 Å². The molecule has 142 valence electrons. The van der Waals surface area contributed by atoms with Crippen molar-refractivity contribution in [3.05, 3.63) is 65.2 Å². The number of benzene rings is 2. The monoisotopic (exact) mass is 440 g/mol. The molecular weight excluding hydrogens is 424 g/mol. The Kier molecular flexibility index (Phi) is 6.29. The molecule has 0 spiro atoms. The minimum absolute atomic E-state index is 0.219. The number of hydrogen-bond donors (Lipinski definition) is 1. The van der Waals surface area contributed by atoms with Crippen molar-refractivity contribution in [2.45, 2.75) is 6.92 Å². The fourth-order valence-electron chi connectivity index (χ4n) is 2.57. The van der Waals surface area contributed by atoms with Gasteiger partial charge in [0.1, 0.15) is 0 Å². The molecule has 1 aromatic heterocycles. The van der Waals surface area contributed by atoms with Gasteiger partial charge >= 0.3 is 0 Å². The highest BCUT2D eigenvalue weighted by atomic mass is 79.9. The lowest BCUT2D eigenvalue weighted by molar-refractivity contribution is -0.118. The molecule has 0 fully saturated rings. The van der Waals surface area contributed by atoms with Crippen molar-refractivity contribution < 1.29 is 14.3 Å². The van der Waals surface area contributed by atoms with Crippen molar-refractivity contribution in [3.63, 3.8) is 0 Å². The fourth-order valence-corrected chi connectivity index (χ4v) is 3.12. The summed E-state index contributed by atoms with van der Waals surface area (Å²) in [5.74, 6) is 0.449. The molecule has 0 unspecified atom stereocenters. The Morgan fingerprint density at radius 3 is 2.86 bits per heavy atom. The summed E-state index contributed by atoms with van der Waals surface area (Å²) in [6, 6.07) is 12.6. The molecule has 0 aliphatic carbocycles. The molecule has 0 bridgehead atoms. The summed E-state index contributed by atoms with van der Waals surface area (Å²) in [7, 11) is 0. The average Bonchev–Trinajstić information content (AvgIpc) is 3.22. The Balaban J connectivity index is 1.73. The van der Waals surface area contributed by atoms with Gasteiger partial charge in [0.25, 0.3) is 5.91 Å². The third-order valence-corrected chi connectivity index (χ3v) is 4.34. The van der Waals surface area contributed by atoms with E-state index in [1.54, 1.807) is 41.5 Å². The Bertz CT molecular complexity index is 1010. The number of anilines is 1. The summed E-state index contributed by atoms with van der Waals surface area (Å²) >= 11 is 3.37. The lowest BCUT2D eigenvalue weighted by atomic mass is 10.2. The highest BCUT2D eigenvalue weighted by Gasteiger charge is 2.15. The third-order valence-electron chi connectivity index (χ3n) is 3.75. The Labute approximate surface area is 170 Å². The van der Waals surface area contributed by atoms with Gasteiger partial charge in [-0.2, -0.15) is 5.26 Å². The van der Waals surface area contributed by atoms with Crippen LogP contribution in [0.25, 0.3) is 5.69 Å². The van der Waals surface area contributed by atoms with Crippen molar-refractivity contribution in [2.24, 2.45) is 0 Å². The van der Waals surface area contributed by atoms with E-state index in [1.165, 1.54) is 0 Å². The number of ether oxygens (including phenoxy) is 2. The smallest absolute Gasteiger partial charge is 0.262 e. The second-order valence-corrected chi connectivity index (χ2v) is 6.51. The van der Waals surface area contributed by atoms with Crippen LogP contribution in [0.1, 0.15) is 12.5 Å². The minimum Gasteiger partial charge on any atom is -0.490 e. The van der Waals surface area contributed by atoms with Crippen LogP contribution in [0.15, 0.2) is 59.6 Å². The molecule has 0 saturated heterocycles. The second kappa shape index (κ2) is 9.06. The number of nitrogens with zero attached hydrogens (tertiary/aromatic N) is 3. The number of carbonyl (C=O) groups is 1. The summed E-state index contributed by atoms with van der Waals surface area (Å²) in [5, 5.41) is 11.9. The third kappa shape index (κ3) is 4.50. The average molecular weight is 441 g/mol. The zero-order valence-electron chi connectivity index (χ0n) is 15.1. The van der Waals surface area contributed by atoms with Crippen molar-refractivity contribution in [1.82, 2.24) is 9.55 Å². The van der Waals surface area contributed by atoms with E-state index in [4.69, 9.17) is 14.7 Å². The summed E-state index contributed by atoms with van der Waals surface area (Å²) in [6.07, 6.45) is 5.12. The fraction of sp³-hybridized carbons (Fsp3) is 0.150. The van der Waals surface area contributed by atoms with Gasteiger partial charge in [-0.25, -0.2) is 4.98 Å².